The van der Waals surface area contributed by atoms with Gasteiger partial charge in [0.2, 0.25) is 0 Å². The zero-order valence-corrected chi connectivity index (χ0v) is 7.97. The van der Waals surface area contributed by atoms with Crippen molar-refractivity contribution in [3.8, 4) is 0 Å². The quantitative estimate of drug-likeness (QED) is 0.678. The number of aromatic nitrogens is 2. The lowest BCUT2D eigenvalue weighted by Gasteiger charge is -1.97. The zero-order valence-electron chi connectivity index (χ0n) is 6.38. The first-order valence-electron chi connectivity index (χ1n) is 3.46. The van der Waals surface area contributed by atoms with E-state index in [9.17, 15) is 4.39 Å². The Kier molecular flexibility index (Phi) is 1.65. The monoisotopic (exact) mass is 228 g/mol. The number of benzene rings is 1. The summed E-state index contributed by atoms with van der Waals surface area (Å²) in [5.41, 5.74) is 0.532. The average molecular weight is 229 g/mol. The van der Waals surface area contributed by atoms with Crippen LogP contribution in [0.2, 0.25) is 0 Å². The van der Waals surface area contributed by atoms with Crippen LogP contribution in [0.15, 0.2) is 22.8 Å². The van der Waals surface area contributed by atoms with Crippen LogP contribution in [-0.2, 0) is 7.05 Å². The van der Waals surface area contributed by atoms with E-state index >= 15 is 0 Å². The van der Waals surface area contributed by atoms with Gasteiger partial charge in [-0.05, 0) is 28.1 Å². The molecule has 12 heavy (non-hydrogen) atoms. The third kappa shape index (κ3) is 0.948. The number of fused-ring (bicyclic) bond motifs is 1. The van der Waals surface area contributed by atoms with E-state index < -0.39 is 0 Å². The third-order valence-corrected chi connectivity index (χ3v) is 2.41. The van der Waals surface area contributed by atoms with E-state index in [0.29, 0.717) is 9.99 Å². The predicted molar refractivity (Wildman–Crippen MR) is 48.4 cm³/mol. The van der Waals surface area contributed by atoms with E-state index in [1.165, 1.54) is 4.68 Å². The van der Waals surface area contributed by atoms with Gasteiger partial charge in [0.25, 0.3) is 0 Å². The molecule has 0 bridgehead atoms. The molecule has 0 spiro atoms. The van der Waals surface area contributed by atoms with Gasteiger partial charge < -0.3 is 0 Å². The van der Waals surface area contributed by atoms with E-state index in [2.05, 4.69) is 21.0 Å². The highest BCUT2D eigenvalue weighted by Gasteiger charge is 2.08. The first-order valence-corrected chi connectivity index (χ1v) is 4.25. The average Bonchev–Trinajstić information content (AvgIpc) is 2.41. The molecule has 0 atom stereocenters. The highest BCUT2D eigenvalue weighted by Crippen LogP contribution is 2.23. The Morgan fingerprint density at radius 3 is 3.00 bits per heavy atom. The minimum atomic E-state index is -0.257. The molecule has 0 fully saturated rings. The summed E-state index contributed by atoms with van der Waals surface area (Å²) in [6, 6.07) is 3.51. The fourth-order valence-corrected chi connectivity index (χ4v) is 1.51. The topological polar surface area (TPSA) is 17.8 Å². The summed E-state index contributed by atoms with van der Waals surface area (Å²) in [6.45, 7) is 0. The van der Waals surface area contributed by atoms with Crippen LogP contribution in [0.5, 0.6) is 0 Å². The highest BCUT2D eigenvalue weighted by atomic mass is 79.9. The molecule has 1 aromatic carbocycles. The Bertz CT molecular complexity index is 436. The summed E-state index contributed by atoms with van der Waals surface area (Å²) in [5, 5.41) is 4.77. The van der Waals surface area contributed by atoms with Crippen molar-refractivity contribution in [1.82, 2.24) is 9.78 Å². The summed E-state index contributed by atoms with van der Waals surface area (Å²) >= 11 is 3.12. The normalized spacial score (nSPS) is 10.9. The summed E-state index contributed by atoms with van der Waals surface area (Å²) in [4.78, 5) is 0. The van der Waals surface area contributed by atoms with E-state index in [0.717, 1.165) is 5.39 Å². The molecule has 0 radical (unpaired) electrons. The van der Waals surface area contributed by atoms with Crippen molar-refractivity contribution in [3.63, 3.8) is 0 Å². The van der Waals surface area contributed by atoms with Crippen LogP contribution in [0.1, 0.15) is 0 Å². The molecule has 0 aliphatic heterocycles. The second kappa shape index (κ2) is 2.55. The number of rotatable bonds is 0. The molecule has 2 aromatic rings. The second-order valence-electron chi connectivity index (χ2n) is 2.57. The molecular formula is C8H6BrFN2. The van der Waals surface area contributed by atoms with Gasteiger partial charge in [0.15, 0.2) is 5.82 Å². The van der Waals surface area contributed by atoms with Gasteiger partial charge in [0.05, 0.1) is 10.7 Å². The third-order valence-electron chi connectivity index (χ3n) is 1.79. The lowest BCUT2D eigenvalue weighted by Crippen LogP contribution is -1.92. The van der Waals surface area contributed by atoms with Crippen molar-refractivity contribution < 1.29 is 4.39 Å². The van der Waals surface area contributed by atoms with Crippen molar-refractivity contribution in [2.45, 2.75) is 0 Å². The Morgan fingerprint density at radius 2 is 2.25 bits per heavy atom. The SMILES string of the molecule is Cn1ncc2ccc(Br)c(F)c21. The molecule has 0 N–H and O–H groups in total. The van der Waals surface area contributed by atoms with Gasteiger partial charge in [-0.15, -0.1) is 0 Å². The molecule has 62 valence electrons. The first-order chi connectivity index (χ1) is 5.70. The Morgan fingerprint density at radius 1 is 1.50 bits per heavy atom. The van der Waals surface area contributed by atoms with Crippen molar-refractivity contribution in [2.24, 2.45) is 7.05 Å². The molecule has 2 nitrogen and oxygen atoms in total. The van der Waals surface area contributed by atoms with Crippen molar-refractivity contribution in [2.75, 3.05) is 0 Å². The molecule has 0 amide bonds. The minimum absolute atomic E-state index is 0.257. The maximum atomic E-state index is 13.4. The summed E-state index contributed by atoms with van der Waals surface area (Å²) < 4.78 is 15.4. The number of hydrogen-bond acceptors (Lipinski definition) is 1. The maximum Gasteiger partial charge on any atom is 0.163 e. The summed E-state index contributed by atoms with van der Waals surface area (Å²) in [6.07, 6.45) is 1.64. The highest BCUT2D eigenvalue weighted by molar-refractivity contribution is 9.10. The van der Waals surface area contributed by atoms with Crippen LogP contribution in [0.25, 0.3) is 10.9 Å². The van der Waals surface area contributed by atoms with Gasteiger partial charge in [0.1, 0.15) is 5.52 Å². The fraction of sp³-hybridized carbons (Fsp3) is 0.125. The molecular weight excluding hydrogens is 223 g/mol. The fourth-order valence-electron chi connectivity index (χ4n) is 1.19. The molecule has 2 rings (SSSR count). The molecule has 1 heterocycles. The largest absolute Gasteiger partial charge is 0.265 e. The molecule has 1 aromatic heterocycles. The Balaban J connectivity index is 2.96. The Labute approximate surface area is 77.1 Å². The Hall–Kier alpha value is -0.900. The summed E-state index contributed by atoms with van der Waals surface area (Å²) in [7, 11) is 1.72. The van der Waals surface area contributed by atoms with Gasteiger partial charge in [0, 0.05) is 12.4 Å². The summed E-state index contributed by atoms with van der Waals surface area (Å²) in [5.74, 6) is -0.257. The number of nitrogens with zero attached hydrogens (tertiary/aromatic N) is 2. The zero-order chi connectivity index (χ0) is 8.72. The first kappa shape index (κ1) is 7.73. The van der Waals surface area contributed by atoms with Crippen LogP contribution < -0.4 is 0 Å². The van der Waals surface area contributed by atoms with Gasteiger partial charge in [-0.3, -0.25) is 4.68 Å². The number of hydrogen-bond donors (Lipinski definition) is 0. The molecule has 0 aliphatic rings. The smallest absolute Gasteiger partial charge is 0.163 e. The van der Waals surface area contributed by atoms with Crippen molar-refractivity contribution >= 4 is 26.8 Å². The van der Waals surface area contributed by atoms with Crippen molar-refractivity contribution in [1.29, 1.82) is 0 Å². The van der Waals surface area contributed by atoms with Crippen LogP contribution in [0.3, 0.4) is 0 Å². The van der Waals surface area contributed by atoms with Gasteiger partial charge in [-0.25, -0.2) is 4.39 Å². The van der Waals surface area contributed by atoms with Crippen LogP contribution >= 0.6 is 15.9 Å². The van der Waals surface area contributed by atoms with Crippen LogP contribution in [0, 0.1) is 5.82 Å². The number of halogens is 2. The predicted octanol–water partition coefficient (Wildman–Crippen LogP) is 2.47. The molecule has 0 saturated heterocycles. The van der Waals surface area contributed by atoms with E-state index in [1.54, 1.807) is 19.3 Å². The molecule has 0 unspecified atom stereocenters. The standard InChI is InChI=1S/C8H6BrFN2/c1-12-8-5(4-11-12)2-3-6(9)7(8)10/h2-4H,1H3. The lowest BCUT2D eigenvalue weighted by molar-refractivity contribution is 0.619. The minimum Gasteiger partial charge on any atom is -0.265 e. The molecule has 0 saturated carbocycles. The van der Waals surface area contributed by atoms with E-state index in [1.807, 2.05) is 6.07 Å². The van der Waals surface area contributed by atoms with E-state index in [-0.39, 0.29) is 5.82 Å². The van der Waals surface area contributed by atoms with Crippen molar-refractivity contribution in [3.05, 3.63) is 28.6 Å². The molecule has 4 heteroatoms. The van der Waals surface area contributed by atoms with Gasteiger partial charge >= 0.3 is 0 Å². The number of aryl methyl sites for hydroxylation is 1. The lowest BCUT2D eigenvalue weighted by atomic mass is 10.2. The van der Waals surface area contributed by atoms with Gasteiger partial charge in [-0.2, -0.15) is 5.10 Å². The van der Waals surface area contributed by atoms with Crippen LogP contribution in [-0.4, -0.2) is 9.78 Å². The van der Waals surface area contributed by atoms with Crippen LogP contribution in [0.4, 0.5) is 4.39 Å². The maximum absolute atomic E-state index is 13.4. The second-order valence-corrected chi connectivity index (χ2v) is 3.42. The van der Waals surface area contributed by atoms with E-state index in [4.69, 9.17) is 0 Å². The van der Waals surface area contributed by atoms with Gasteiger partial charge in [-0.1, -0.05) is 0 Å². The molecule has 0 aliphatic carbocycles.